The normalized spacial score (nSPS) is 18.5. The third-order valence-electron chi connectivity index (χ3n) is 3.38. The van der Waals surface area contributed by atoms with Gasteiger partial charge in [0, 0.05) is 44.0 Å². The number of hydrogen-bond donors (Lipinski definition) is 1. The molecule has 18 heavy (non-hydrogen) atoms. The van der Waals surface area contributed by atoms with Crippen LogP contribution in [-0.4, -0.2) is 36.1 Å². The van der Waals surface area contributed by atoms with E-state index in [1.807, 2.05) is 18.2 Å². The molecule has 0 spiro atoms. The topological polar surface area (TPSA) is 28.2 Å². The second-order valence-corrected chi connectivity index (χ2v) is 4.55. The van der Waals surface area contributed by atoms with Gasteiger partial charge >= 0.3 is 0 Å². The number of halogens is 1. The molecule has 0 saturated carbocycles. The van der Waals surface area contributed by atoms with Crippen LogP contribution in [0.15, 0.2) is 31.0 Å². The molecule has 3 nitrogen and oxygen atoms in total. The van der Waals surface area contributed by atoms with Gasteiger partial charge in [-0.1, -0.05) is 12.1 Å². The molecule has 0 radical (unpaired) electrons. The van der Waals surface area contributed by atoms with E-state index in [9.17, 15) is 4.39 Å². The molecular weight excluding hydrogens is 229 g/mol. The van der Waals surface area contributed by atoms with Crippen LogP contribution in [0.25, 0.3) is 0 Å². The summed E-state index contributed by atoms with van der Waals surface area (Å²) in [6.07, 6.45) is 5.18. The minimum absolute atomic E-state index is 0.110. The lowest BCUT2D eigenvalue weighted by Gasteiger charge is -2.35. The molecule has 0 aliphatic carbocycles. The molecule has 1 aliphatic heterocycles. The van der Waals surface area contributed by atoms with Gasteiger partial charge in [-0.2, -0.15) is 4.39 Å². The number of rotatable bonds is 5. The maximum atomic E-state index is 13.8. The highest BCUT2D eigenvalue weighted by atomic mass is 19.1. The van der Waals surface area contributed by atoms with E-state index in [1.165, 1.54) is 6.20 Å². The Hall–Kier alpha value is -1.26. The van der Waals surface area contributed by atoms with Crippen molar-refractivity contribution >= 4 is 0 Å². The van der Waals surface area contributed by atoms with Crippen molar-refractivity contribution in [1.29, 1.82) is 0 Å². The minimum Gasteiger partial charge on any atom is -0.314 e. The first-order valence-electron chi connectivity index (χ1n) is 6.49. The zero-order valence-electron chi connectivity index (χ0n) is 10.6. The van der Waals surface area contributed by atoms with Crippen LogP contribution in [0.5, 0.6) is 0 Å². The number of nitrogens with zero attached hydrogens (tertiary/aromatic N) is 2. The second kappa shape index (κ2) is 6.61. The second-order valence-electron chi connectivity index (χ2n) is 4.55. The molecule has 1 aromatic heterocycles. The van der Waals surface area contributed by atoms with Crippen LogP contribution in [-0.2, 0) is 0 Å². The summed E-state index contributed by atoms with van der Waals surface area (Å²) in [6.45, 7) is 7.59. The lowest BCUT2D eigenvalue weighted by molar-refractivity contribution is 0.162. The van der Waals surface area contributed by atoms with Gasteiger partial charge in [0.2, 0.25) is 5.95 Å². The Labute approximate surface area is 108 Å². The zero-order valence-corrected chi connectivity index (χ0v) is 10.6. The summed E-state index contributed by atoms with van der Waals surface area (Å²) in [5, 5.41) is 3.32. The van der Waals surface area contributed by atoms with Crippen molar-refractivity contribution in [2.45, 2.75) is 18.9 Å². The van der Waals surface area contributed by atoms with E-state index in [1.54, 1.807) is 0 Å². The summed E-state index contributed by atoms with van der Waals surface area (Å²) in [7, 11) is 0. The molecule has 1 N–H and O–H groups in total. The van der Waals surface area contributed by atoms with Crippen LogP contribution in [0.3, 0.4) is 0 Å². The lowest BCUT2D eigenvalue weighted by Crippen LogP contribution is -2.45. The van der Waals surface area contributed by atoms with Gasteiger partial charge in [-0.15, -0.1) is 6.58 Å². The Kier molecular flexibility index (Phi) is 4.84. The standard InChI is InChI=1S/C14H20FN3/c1-2-3-6-13(18-10-8-16-9-11-18)12-5-4-7-17-14(12)15/h2,4-5,7,13,16H,1,3,6,8-11H2/t13-/m0/s1. The average molecular weight is 249 g/mol. The van der Waals surface area contributed by atoms with E-state index in [-0.39, 0.29) is 12.0 Å². The average Bonchev–Trinajstić information content (AvgIpc) is 2.42. The van der Waals surface area contributed by atoms with E-state index in [4.69, 9.17) is 0 Å². The molecule has 1 fully saturated rings. The Balaban J connectivity index is 2.18. The lowest BCUT2D eigenvalue weighted by atomic mass is 10.0. The largest absolute Gasteiger partial charge is 0.314 e. The molecule has 0 amide bonds. The Morgan fingerprint density at radius 2 is 2.28 bits per heavy atom. The fraction of sp³-hybridized carbons (Fsp3) is 0.500. The molecule has 4 heteroatoms. The molecule has 98 valence electrons. The monoisotopic (exact) mass is 249 g/mol. The SMILES string of the molecule is C=CCC[C@@H](c1cccnc1F)N1CCNCC1. The highest BCUT2D eigenvalue weighted by Crippen LogP contribution is 2.27. The number of hydrogen-bond acceptors (Lipinski definition) is 3. The van der Waals surface area contributed by atoms with Crippen LogP contribution in [0.4, 0.5) is 4.39 Å². The van der Waals surface area contributed by atoms with Crippen molar-refractivity contribution in [2.75, 3.05) is 26.2 Å². The molecule has 0 bridgehead atoms. The van der Waals surface area contributed by atoms with E-state index in [0.717, 1.165) is 39.0 Å². The van der Waals surface area contributed by atoms with E-state index >= 15 is 0 Å². The van der Waals surface area contributed by atoms with Gasteiger partial charge in [0.25, 0.3) is 0 Å². The van der Waals surface area contributed by atoms with Crippen LogP contribution >= 0.6 is 0 Å². The molecule has 1 aromatic rings. The van der Waals surface area contributed by atoms with E-state index in [0.29, 0.717) is 5.56 Å². The summed E-state index contributed by atoms with van der Waals surface area (Å²) in [5.74, 6) is -0.343. The third kappa shape index (κ3) is 3.15. The van der Waals surface area contributed by atoms with Crippen molar-refractivity contribution in [3.8, 4) is 0 Å². The molecule has 2 heterocycles. The van der Waals surface area contributed by atoms with Crippen molar-refractivity contribution in [3.63, 3.8) is 0 Å². The van der Waals surface area contributed by atoms with Gasteiger partial charge in [-0.3, -0.25) is 4.90 Å². The first-order valence-corrected chi connectivity index (χ1v) is 6.49. The highest BCUT2D eigenvalue weighted by molar-refractivity contribution is 5.16. The fourth-order valence-corrected chi connectivity index (χ4v) is 2.45. The molecule has 2 rings (SSSR count). The number of piperazine rings is 1. The molecule has 1 atom stereocenters. The molecule has 0 unspecified atom stereocenters. The minimum atomic E-state index is -0.343. The maximum Gasteiger partial charge on any atom is 0.217 e. The summed E-state index contributed by atoms with van der Waals surface area (Å²) in [6, 6.07) is 3.76. The Bertz CT molecular complexity index is 388. The molecular formula is C14H20FN3. The van der Waals surface area contributed by atoms with Crippen LogP contribution in [0, 0.1) is 5.95 Å². The Morgan fingerprint density at radius 3 is 2.94 bits per heavy atom. The molecule has 0 aromatic carbocycles. The van der Waals surface area contributed by atoms with Gasteiger partial charge in [0.1, 0.15) is 0 Å². The predicted molar refractivity (Wildman–Crippen MR) is 70.8 cm³/mol. The summed E-state index contributed by atoms with van der Waals surface area (Å²) in [5.41, 5.74) is 0.709. The highest BCUT2D eigenvalue weighted by Gasteiger charge is 2.24. The third-order valence-corrected chi connectivity index (χ3v) is 3.38. The van der Waals surface area contributed by atoms with Gasteiger partial charge in [-0.05, 0) is 18.9 Å². The van der Waals surface area contributed by atoms with Crippen LogP contribution in [0.1, 0.15) is 24.4 Å². The first-order chi connectivity index (χ1) is 8.83. The quantitative estimate of drug-likeness (QED) is 0.640. The maximum absolute atomic E-state index is 13.8. The number of allylic oxidation sites excluding steroid dienone is 1. The van der Waals surface area contributed by atoms with Crippen molar-refractivity contribution in [3.05, 3.63) is 42.5 Å². The zero-order chi connectivity index (χ0) is 12.8. The summed E-state index contributed by atoms with van der Waals surface area (Å²) < 4.78 is 13.8. The predicted octanol–water partition coefficient (Wildman–Crippen LogP) is 2.13. The van der Waals surface area contributed by atoms with Crippen LogP contribution < -0.4 is 5.32 Å². The first kappa shape index (κ1) is 13.2. The smallest absolute Gasteiger partial charge is 0.217 e. The van der Waals surface area contributed by atoms with Crippen molar-refractivity contribution in [2.24, 2.45) is 0 Å². The van der Waals surface area contributed by atoms with Crippen molar-refractivity contribution in [1.82, 2.24) is 15.2 Å². The Morgan fingerprint density at radius 1 is 1.50 bits per heavy atom. The molecule has 1 aliphatic rings. The number of pyridine rings is 1. The molecule has 1 saturated heterocycles. The van der Waals surface area contributed by atoms with Gasteiger partial charge in [0.05, 0.1) is 0 Å². The fourth-order valence-electron chi connectivity index (χ4n) is 2.45. The number of nitrogens with one attached hydrogen (secondary N) is 1. The van der Waals surface area contributed by atoms with E-state index < -0.39 is 0 Å². The van der Waals surface area contributed by atoms with Crippen molar-refractivity contribution < 1.29 is 4.39 Å². The van der Waals surface area contributed by atoms with Gasteiger partial charge in [-0.25, -0.2) is 4.98 Å². The summed E-state index contributed by atoms with van der Waals surface area (Å²) >= 11 is 0. The van der Waals surface area contributed by atoms with E-state index in [2.05, 4.69) is 21.8 Å². The summed E-state index contributed by atoms with van der Waals surface area (Å²) in [4.78, 5) is 6.10. The van der Waals surface area contributed by atoms with Gasteiger partial charge in [0.15, 0.2) is 0 Å². The van der Waals surface area contributed by atoms with Crippen LogP contribution in [0.2, 0.25) is 0 Å². The number of aromatic nitrogens is 1. The van der Waals surface area contributed by atoms with Gasteiger partial charge < -0.3 is 5.32 Å².